The monoisotopic (exact) mass is 253 g/mol. The number of likely N-dealkylation sites (N-methyl/N-ethyl adjacent to an activating group) is 1. The van der Waals surface area contributed by atoms with Crippen LogP contribution >= 0.6 is 0 Å². The number of rotatable bonds is 2. The number of benzene rings is 1. The molecule has 0 radical (unpaired) electrons. The van der Waals surface area contributed by atoms with Crippen LogP contribution in [0.5, 0.6) is 0 Å². The van der Waals surface area contributed by atoms with Crippen molar-refractivity contribution in [1.29, 1.82) is 0 Å². The van der Waals surface area contributed by atoms with Crippen LogP contribution in [-0.4, -0.2) is 17.0 Å². The highest BCUT2D eigenvalue weighted by atomic mass is 16.1. The maximum absolute atomic E-state index is 12.0. The Labute approximate surface area is 111 Å². The van der Waals surface area contributed by atoms with E-state index in [1.807, 2.05) is 30.1 Å². The van der Waals surface area contributed by atoms with E-state index >= 15 is 0 Å². The summed E-state index contributed by atoms with van der Waals surface area (Å²) < 4.78 is 0. The molecule has 4 nitrogen and oxygen atoms in total. The Morgan fingerprint density at radius 3 is 2.89 bits per heavy atom. The van der Waals surface area contributed by atoms with Crippen LogP contribution in [0.15, 0.2) is 53.0 Å². The highest BCUT2D eigenvalue weighted by molar-refractivity contribution is 5.78. The summed E-state index contributed by atoms with van der Waals surface area (Å²) in [4.78, 5) is 21.3. The third-order valence-corrected chi connectivity index (χ3v) is 3.28. The van der Waals surface area contributed by atoms with E-state index in [0.717, 1.165) is 18.5 Å². The van der Waals surface area contributed by atoms with Crippen molar-refractivity contribution in [2.24, 2.45) is 0 Å². The number of nitrogens with one attached hydrogen (secondary N) is 1. The Morgan fingerprint density at radius 2 is 2.11 bits per heavy atom. The van der Waals surface area contributed by atoms with Crippen molar-refractivity contribution in [3.63, 3.8) is 0 Å². The summed E-state index contributed by atoms with van der Waals surface area (Å²) in [7, 11) is 1.91. The molecule has 0 fully saturated rings. The Kier molecular flexibility index (Phi) is 2.91. The molecular formula is C15H15N3O. The van der Waals surface area contributed by atoms with Crippen LogP contribution in [0.2, 0.25) is 0 Å². The van der Waals surface area contributed by atoms with Crippen LogP contribution < -0.4 is 10.5 Å². The fourth-order valence-electron chi connectivity index (χ4n) is 2.20. The smallest absolute Gasteiger partial charge is 0.260 e. The Balaban J connectivity index is 2.08. The van der Waals surface area contributed by atoms with Gasteiger partial charge in [-0.2, -0.15) is 0 Å². The summed E-state index contributed by atoms with van der Waals surface area (Å²) in [6.07, 6.45) is 8.42. The minimum Gasteiger partial charge on any atom is -0.315 e. The molecule has 0 saturated carbocycles. The van der Waals surface area contributed by atoms with Crippen LogP contribution in [0, 0.1) is 0 Å². The Bertz CT molecular complexity index is 727. The van der Waals surface area contributed by atoms with Crippen LogP contribution in [0.3, 0.4) is 0 Å². The number of fused-ring (bicyclic) bond motifs is 1. The van der Waals surface area contributed by atoms with Gasteiger partial charge in [-0.3, -0.25) is 9.78 Å². The SMILES string of the molecule is CN(C1=CCCC=C1)c1nc2ccccc2c(=O)[nH]1. The minimum atomic E-state index is -0.104. The normalized spacial score (nSPS) is 14.5. The molecule has 96 valence electrons. The molecule has 19 heavy (non-hydrogen) atoms. The number of para-hydroxylation sites is 1. The van der Waals surface area contributed by atoms with E-state index in [4.69, 9.17) is 0 Å². The average Bonchev–Trinajstić information content (AvgIpc) is 2.47. The largest absolute Gasteiger partial charge is 0.315 e. The standard InChI is InChI=1S/C15H15N3O/c1-18(11-7-3-2-4-8-11)15-16-13-10-6-5-9-12(13)14(19)17-15/h3,5-10H,2,4H2,1H3,(H,16,17,19). The first kappa shape index (κ1) is 11.7. The molecule has 1 N–H and O–H groups in total. The van der Waals surface area contributed by atoms with Crippen molar-refractivity contribution < 1.29 is 0 Å². The lowest BCUT2D eigenvalue weighted by molar-refractivity contribution is 0.951. The van der Waals surface area contributed by atoms with Gasteiger partial charge in [0.05, 0.1) is 10.9 Å². The maximum atomic E-state index is 12.0. The van der Waals surface area contributed by atoms with E-state index in [1.54, 1.807) is 6.07 Å². The average molecular weight is 253 g/mol. The van der Waals surface area contributed by atoms with Gasteiger partial charge in [0, 0.05) is 12.7 Å². The lowest BCUT2D eigenvalue weighted by atomic mass is 10.1. The number of aromatic amines is 1. The number of aromatic nitrogens is 2. The summed E-state index contributed by atoms with van der Waals surface area (Å²) in [5.41, 5.74) is 1.67. The molecule has 0 amide bonds. The summed E-state index contributed by atoms with van der Waals surface area (Å²) in [6.45, 7) is 0. The minimum absolute atomic E-state index is 0.104. The predicted molar refractivity (Wildman–Crippen MR) is 77.2 cm³/mol. The zero-order chi connectivity index (χ0) is 13.2. The number of H-pyrrole nitrogens is 1. The van der Waals surface area contributed by atoms with Crippen molar-refractivity contribution in [3.05, 3.63) is 58.5 Å². The molecule has 0 spiro atoms. The van der Waals surface area contributed by atoms with Crippen LogP contribution in [-0.2, 0) is 0 Å². The third kappa shape index (κ3) is 2.17. The molecule has 2 aromatic rings. The van der Waals surface area contributed by atoms with E-state index < -0.39 is 0 Å². The second kappa shape index (κ2) is 4.72. The molecule has 0 bridgehead atoms. The van der Waals surface area contributed by atoms with Gasteiger partial charge in [0.15, 0.2) is 0 Å². The number of anilines is 1. The molecule has 0 unspecified atom stereocenters. The van der Waals surface area contributed by atoms with Crippen LogP contribution in [0.1, 0.15) is 12.8 Å². The first-order chi connectivity index (χ1) is 9.25. The lowest BCUT2D eigenvalue weighted by Crippen LogP contribution is -2.22. The molecule has 0 saturated heterocycles. The Hall–Kier alpha value is -2.36. The van der Waals surface area contributed by atoms with Crippen molar-refractivity contribution in [2.45, 2.75) is 12.8 Å². The maximum Gasteiger partial charge on any atom is 0.260 e. The molecule has 0 atom stereocenters. The van der Waals surface area contributed by atoms with Gasteiger partial charge < -0.3 is 4.90 Å². The zero-order valence-electron chi connectivity index (χ0n) is 10.8. The fourth-order valence-corrected chi connectivity index (χ4v) is 2.20. The molecule has 3 rings (SSSR count). The number of nitrogens with zero attached hydrogens (tertiary/aromatic N) is 2. The van der Waals surface area contributed by atoms with Gasteiger partial charge in [-0.25, -0.2) is 4.98 Å². The lowest BCUT2D eigenvalue weighted by Gasteiger charge is -2.20. The fraction of sp³-hybridized carbons (Fsp3) is 0.200. The Morgan fingerprint density at radius 1 is 1.26 bits per heavy atom. The molecule has 1 heterocycles. The first-order valence-corrected chi connectivity index (χ1v) is 6.35. The molecule has 1 aromatic heterocycles. The van der Waals surface area contributed by atoms with E-state index in [0.29, 0.717) is 16.9 Å². The van der Waals surface area contributed by atoms with E-state index in [2.05, 4.69) is 28.2 Å². The van der Waals surface area contributed by atoms with Crippen molar-refractivity contribution in [1.82, 2.24) is 9.97 Å². The van der Waals surface area contributed by atoms with Gasteiger partial charge in [0.25, 0.3) is 5.56 Å². The van der Waals surface area contributed by atoms with Crippen molar-refractivity contribution in [2.75, 3.05) is 11.9 Å². The summed E-state index contributed by atoms with van der Waals surface area (Å²) in [6, 6.07) is 7.37. The van der Waals surface area contributed by atoms with Crippen LogP contribution in [0.25, 0.3) is 10.9 Å². The first-order valence-electron chi connectivity index (χ1n) is 6.35. The molecule has 1 aliphatic rings. The molecule has 1 aromatic carbocycles. The number of hydrogen-bond donors (Lipinski definition) is 1. The summed E-state index contributed by atoms with van der Waals surface area (Å²) >= 11 is 0. The van der Waals surface area contributed by atoms with Gasteiger partial charge >= 0.3 is 0 Å². The quantitative estimate of drug-likeness (QED) is 0.895. The molecule has 1 aliphatic carbocycles. The van der Waals surface area contributed by atoms with Gasteiger partial charge in [-0.05, 0) is 31.1 Å². The molecule has 4 heteroatoms. The number of hydrogen-bond acceptors (Lipinski definition) is 3. The van der Waals surface area contributed by atoms with E-state index in [9.17, 15) is 4.79 Å². The van der Waals surface area contributed by atoms with E-state index in [-0.39, 0.29) is 5.56 Å². The van der Waals surface area contributed by atoms with Crippen molar-refractivity contribution >= 4 is 16.9 Å². The molecule has 0 aliphatic heterocycles. The molecular weight excluding hydrogens is 238 g/mol. The third-order valence-electron chi connectivity index (χ3n) is 3.28. The second-order valence-electron chi connectivity index (χ2n) is 4.57. The number of allylic oxidation sites excluding steroid dienone is 3. The highest BCUT2D eigenvalue weighted by Gasteiger charge is 2.10. The second-order valence-corrected chi connectivity index (χ2v) is 4.57. The highest BCUT2D eigenvalue weighted by Crippen LogP contribution is 2.18. The van der Waals surface area contributed by atoms with Gasteiger partial charge in [-0.15, -0.1) is 0 Å². The van der Waals surface area contributed by atoms with Crippen LogP contribution in [0.4, 0.5) is 5.95 Å². The van der Waals surface area contributed by atoms with Gasteiger partial charge in [0.1, 0.15) is 0 Å². The summed E-state index contributed by atoms with van der Waals surface area (Å²) in [5, 5.41) is 0.618. The summed E-state index contributed by atoms with van der Waals surface area (Å²) in [5.74, 6) is 0.571. The predicted octanol–water partition coefficient (Wildman–Crippen LogP) is 2.59. The van der Waals surface area contributed by atoms with E-state index in [1.165, 1.54) is 0 Å². The van der Waals surface area contributed by atoms with Crippen molar-refractivity contribution in [3.8, 4) is 0 Å². The van der Waals surface area contributed by atoms with Gasteiger partial charge in [0.2, 0.25) is 5.95 Å². The topological polar surface area (TPSA) is 49.0 Å². The zero-order valence-corrected chi connectivity index (χ0v) is 10.8. The van der Waals surface area contributed by atoms with Gasteiger partial charge in [-0.1, -0.05) is 24.3 Å².